The summed E-state index contributed by atoms with van der Waals surface area (Å²) in [6, 6.07) is 20.3. The molecule has 3 aromatic rings. The molecule has 0 atom stereocenters. The van der Waals surface area contributed by atoms with Crippen molar-refractivity contribution in [3.8, 4) is 6.07 Å². The molecular weight excluding hydrogens is 346 g/mol. The van der Waals surface area contributed by atoms with Gasteiger partial charge >= 0.3 is 0 Å². The van der Waals surface area contributed by atoms with Gasteiger partial charge in [-0.05, 0) is 48.2 Å². The van der Waals surface area contributed by atoms with Gasteiger partial charge in [0.05, 0.1) is 18.2 Å². The average molecular weight is 369 g/mol. The van der Waals surface area contributed by atoms with E-state index >= 15 is 0 Å². The second kappa shape index (κ2) is 7.84. The quantitative estimate of drug-likeness (QED) is 0.706. The minimum Gasteiger partial charge on any atom is -0.311 e. The van der Waals surface area contributed by atoms with Gasteiger partial charge in [-0.1, -0.05) is 42.0 Å². The number of hydrogen-bond acceptors (Lipinski definition) is 3. The predicted molar refractivity (Wildman–Crippen MR) is 110 cm³/mol. The van der Waals surface area contributed by atoms with E-state index in [9.17, 15) is 4.79 Å². The first-order chi connectivity index (χ1) is 13.6. The van der Waals surface area contributed by atoms with Crippen molar-refractivity contribution in [2.24, 2.45) is 0 Å². The van der Waals surface area contributed by atoms with Crippen LogP contribution in [0.5, 0.6) is 0 Å². The number of hydrogen-bond donors (Lipinski definition) is 0. The highest BCUT2D eigenvalue weighted by Gasteiger charge is 2.20. The van der Waals surface area contributed by atoms with Gasteiger partial charge in [-0.25, -0.2) is 0 Å². The van der Waals surface area contributed by atoms with Gasteiger partial charge in [0.25, 0.3) is 5.56 Å². The van der Waals surface area contributed by atoms with Crippen molar-refractivity contribution in [1.82, 2.24) is 9.47 Å². The fourth-order valence-corrected chi connectivity index (χ4v) is 3.79. The maximum Gasteiger partial charge on any atom is 0.255 e. The lowest BCUT2D eigenvalue weighted by Gasteiger charge is -2.28. The molecule has 28 heavy (non-hydrogen) atoms. The zero-order valence-corrected chi connectivity index (χ0v) is 16.1. The smallest absolute Gasteiger partial charge is 0.255 e. The summed E-state index contributed by atoms with van der Waals surface area (Å²) in [7, 11) is 0. The van der Waals surface area contributed by atoms with Gasteiger partial charge in [0.15, 0.2) is 0 Å². The van der Waals surface area contributed by atoms with Crippen LogP contribution in [-0.2, 0) is 26.1 Å². The Morgan fingerprint density at radius 3 is 2.64 bits per heavy atom. The molecule has 4 heteroatoms. The first-order valence-electron chi connectivity index (χ1n) is 9.60. The fraction of sp³-hybridized carbons (Fsp3) is 0.250. The second-order valence-corrected chi connectivity index (χ2v) is 7.51. The van der Waals surface area contributed by atoms with E-state index in [-0.39, 0.29) is 5.56 Å². The van der Waals surface area contributed by atoms with Gasteiger partial charge in [-0.2, -0.15) is 5.26 Å². The van der Waals surface area contributed by atoms with E-state index in [0.29, 0.717) is 18.7 Å². The lowest BCUT2D eigenvalue weighted by Crippen LogP contribution is -2.36. The van der Waals surface area contributed by atoms with Gasteiger partial charge < -0.3 is 4.57 Å². The SMILES string of the molecule is Cc1ccc(Cn2ccc3c(c2=O)CN(Cc2cccc(C#N)c2)CC3)cc1. The molecule has 1 aromatic heterocycles. The molecule has 0 aliphatic carbocycles. The highest BCUT2D eigenvalue weighted by molar-refractivity contribution is 5.33. The number of benzene rings is 2. The summed E-state index contributed by atoms with van der Waals surface area (Å²) in [5, 5.41) is 9.09. The van der Waals surface area contributed by atoms with E-state index in [2.05, 4.69) is 48.2 Å². The first-order valence-corrected chi connectivity index (χ1v) is 9.60. The van der Waals surface area contributed by atoms with Crippen LogP contribution in [-0.4, -0.2) is 16.0 Å². The molecule has 0 bridgehead atoms. The zero-order valence-electron chi connectivity index (χ0n) is 16.1. The molecule has 0 N–H and O–H groups in total. The van der Waals surface area contributed by atoms with Crippen molar-refractivity contribution in [3.05, 3.63) is 105 Å². The third kappa shape index (κ3) is 3.90. The maximum atomic E-state index is 13.1. The van der Waals surface area contributed by atoms with Crippen LogP contribution in [0, 0.1) is 18.3 Å². The normalized spacial score (nSPS) is 13.7. The Balaban J connectivity index is 1.54. The summed E-state index contributed by atoms with van der Waals surface area (Å²) in [5.41, 5.74) is 6.30. The zero-order chi connectivity index (χ0) is 19.5. The molecule has 4 nitrogen and oxygen atoms in total. The minimum atomic E-state index is 0.105. The molecular formula is C24H23N3O. The molecule has 140 valence electrons. The molecule has 2 aromatic carbocycles. The highest BCUT2D eigenvalue weighted by Crippen LogP contribution is 2.18. The van der Waals surface area contributed by atoms with Crippen molar-refractivity contribution in [2.45, 2.75) is 33.0 Å². The Labute approximate surface area is 165 Å². The Morgan fingerprint density at radius 2 is 1.86 bits per heavy atom. The van der Waals surface area contributed by atoms with Gasteiger partial charge in [-0.15, -0.1) is 0 Å². The van der Waals surface area contributed by atoms with Crippen molar-refractivity contribution in [1.29, 1.82) is 5.26 Å². The summed E-state index contributed by atoms with van der Waals surface area (Å²) in [6.45, 7) is 4.98. The van der Waals surface area contributed by atoms with E-state index in [1.807, 2.05) is 35.0 Å². The topological polar surface area (TPSA) is 49.0 Å². The number of aromatic nitrogens is 1. The van der Waals surface area contributed by atoms with E-state index in [4.69, 9.17) is 5.26 Å². The average Bonchev–Trinajstić information content (AvgIpc) is 2.72. The van der Waals surface area contributed by atoms with Gasteiger partial charge in [0.1, 0.15) is 0 Å². The number of fused-ring (bicyclic) bond motifs is 1. The first kappa shape index (κ1) is 18.2. The van der Waals surface area contributed by atoms with Gasteiger partial charge in [-0.3, -0.25) is 9.69 Å². The molecule has 1 aliphatic rings. The van der Waals surface area contributed by atoms with Crippen LogP contribution >= 0.6 is 0 Å². The van der Waals surface area contributed by atoms with E-state index < -0.39 is 0 Å². The minimum absolute atomic E-state index is 0.105. The van der Waals surface area contributed by atoms with Crippen LogP contribution in [0.25, 0.3) is 0 Å². The molecule has 0 fully saturated rings. The number of nitrogens with zero attached hydrogens (tertiary/aromatic N) is 3. The fourth-order valence-electron chi connectivity index (χ4n) is 3.79. The van der Waals surface area contributed by atoms with Crippen LogP contribution < -0.4 is 5.56 Å². The summed E-state index contributed by atoms with van der Waals surface area (Å²) in [6.07, 6.45) is 2.81. The maximum absolute atomic E-state index is 13.1. The molecule has 0 saturated heterocycles. The number of aryl methyl sites for hydroxylation is 1. The summed E-state index contributed by atoms with van der Waals surface area (Å²) in [4.78, 5) is 15.4. The van der Waals surface area contributed by atoms with Crippen molar-refractivity contribution in [3.63, 3.8) is 0 Å². The van der Waals surface area contributed by atoms with Crippen molar-refractivity contribution < 1.29 is 0 Å². The molecule has 0 amide bonds. The lowest BCUT2D eigenvalue weighted by atomic mass is 10.0. The van der Waals surface area contributed by atoms with Crippen LogP contribution in [0.1, 0.15) is 33.4 Å². The van der Waals surface area contributed by atoms with E-state index in [0.717, 1.165) is 41.8 Å². The molecule has 4 rings (SSSR count). The third-order valence-electron chi connectivity index (χ3n) is 5.38. The lowest BCUT2D eigenvalue weighted by molar-refractivity contribution is 0.243. The highest BCUT2D eigenvalue weighted by atomic mass is 16.1. The molecule has 0 radical (unpaired) electrons. The number of pyridine rings is 1. The molecule has 1 aliphatic heterocycles. The van der Waals surface area contributed by atoms with Crippen molar-refractivity contribution >= 4 is 0 Å². The summed E-state index contributed by atoms with van der Waals surface area (Å²) < 4.78 is 1.81. The Morgan fingerprint density at radius 1 is 1.04 bits per heavy atom. The molecule has 0 spiro atoms. The predicted octanol–water partition coefficient (Wildman–Crippen LogP) is 3.64. The van der Waals surface area contributed by atoms with Crippen LogP contribution in [0.15, 0.2) is 65.6 Å². The van der Waals surface area contributed by atoms with Crippen LogP contribution in [0.4, 0.5) is 0 Å². The largest absolute Gasteiger partial charge is 0.311 e. The molecule has 2 heterocycles. The summed E-state index contributed by atoms with van der Waals surface area (Å²) >= 11 is 0. The van der Waals surface area contributed by atoms with E-state index in [1.54, 1.807) is 0 Å². The standard InChI is InChI=1S/C24H23N3O/c1-18-5-7-19(8-6-18)16-27-12-10-22-9-11-26(17-23(22)24(27)28)15-21-4-2-3-20(13-21)14-25/h2-8,10,12-13H,9,11,15-17H2,1H3. The van der Waals surface area contributed by atoms with E-state index in [1.165, 1.54) is 5.56 Å². The molecule has 0 unspecified atom stereocenters. The monoisotopic (exact) mass is 369 g/mol. The second-order valence-electron chi connectivity index (χ2n) is 7.51. The van der Waals surface area contributed by atoms with Gasteiger partial charge in [0.2, 0.25) is 0 Å². The van der Waals surface area contributed by atoms with Crippen LogP contribution in [0.3, 0.4) is 0 Å². The van der Waals surface area contributed by atoms with Crippen molar-refractivity contribution in [2.75, 3.05) is 6.54 Å². The Bertz CT molecular complexity index is 1090. The van der Waals surface area contributed by atoms with Gasteiger partial charge in [0, 0.05) is 31.4 Å². The number of rotatable bonds is 4. The summed E-state index contributed by atoms with van der Waals surface area (Å²) in [5.74, 6) is 0. The third-order valence-corrected chi connectivity index (χ3v) is 5.38. The molecule has 0 saturated carbocycles. The Kier molecular flexibility index (Phi) is 5.10. The number of nitriles is 1. The van der Waals surface area contributed by atoms with Crippen LogP contribution in [0.2, 0.25) is 0 Å². The Hall–Kier alpha value is -3.16.